The lowest BCUT2D eigenvalue weighted by atomic mass is 10.1. The lowest BCUT2D eigenvalue weighted by molar-refractivity contribution is 0.0691. The second-order valence-corrected chi connectivity index (χ2v) is 6.04. The maximum Gasteiger partial charge on any atom is 0.358 e. The van der Waals surface area contributed by atoms with Crippen molar-refractivity contribution in [1.82, 2.24) is 19.7 Å². The van der Waals surface area contributed by atoms with Gasteiger partial charge >= 0.3 is 5.97 Å². The third-order valence-corrected chi connectivity index (χ3v) is 4.10. The van der Waals surface area contributed by atoms with Crippen LogP contribution in [-0.4, -0.2) is 30.8 Å². The molecule has 0 aliphatic heterocycles. The summed E-state index contributed by atoms with van der Waals surface area (Å²) in [7, 11) is 0. The van der Waals surface area contributed by atoms with Gasteiger partial charge in [-0.3, -0.25) is 0 Å². The molecule has 3 rings (SSSR count). The number of carbonyl (C=O) groups is 1. The monoisotopic (exact) mass is 370 g/mol. The zero-order valence-corrected chi connectivity index (χ0v) is 13.9. The molecular weight excluding hydrogens is 363 g/mol. The Kier molecular flexibility index (Phi) is 4.14. The van der Waals surface area contributed by atoms with Crippen molar-refractivity contribution in [2.45, 2.75) is 13.0 Å². The Morgan fingerprint density at radius 1 is 1.30 bits per heavy atom. The number of hydrogen-bond acceptors (Lipinski definition) is 4. The Hall–Kier alpha value is -1.89. The fourth-order valence-corrected chi connectivity index (χ4v) is 2.97. The van der Waals surface area contributed by atoms with Crippen molar-refractivity contribution < 1.29 is 9.90 Å². The summed E-state index contributed by atoms with van der Waals surface area (Å²) in [5, 5.41) is 14.5. The summed E-state index contributed by atoms with van der Waals surface area (Å²) in [6.45, 7) is 1.82. The van der Waals surface area contributed by atoms with Crippen LogP contribution in [-0.2, 0) is 0 Å². The van der Waals surface area contributed by atoms with Gasteiger partial charge in [0.05, 0.1) is 12.2 Å². The van der Waals surface area contributed by atoms with E-state index in [0.29, 0.717) is 10.0 Å². The molecule has 1 N–H and O–H groups in total. The van der Waals surface area contributed by atoms with E-state index in [4.69, 9.17) is 34.8 Å². The van der Waals surface area contributed by atoms with Crippen LogP contribution in [0.1, 0.15) is 29.0 Å². The Labute approximate surface area is 145 Å². The van der Waals surface area contributed by atoms with Gasteiger partial charge in [-0.05, 0) is 24.6 Å². The molecule has 0 spiro atoms. The van der Waals surface area contributed by atoms with Crippen molar-refractivity contribution in [3.05, 3.63) is 50.9 Å². The van der Waals surface area contributed by atoms with Crippen molar-refractivity contribution >= 4 is 51.9 Å². The Bertz CT molecular complexity index is 926. The van der Waals surface area contributed by atoms with Crippen LogP contribution in [0, 0.1) is 0 Å². The number of aromatic nitrogens is 4. The van der Waals surface area contributed by atoms with Gasteiger partial charge in [0.1, 0.15) is 10.7 Å². The minimum atomic E-state index is -1.19. The molecule has 0 unspecified atom stereocenters. The van der Waals surface area contributed by atoms with E-state index in [1.165, 1.54) is 10.9 Å². The van der Waals surface area contributed by atoms with Crippen molar-refractivity contribution in [3.63, 3.8) is 0 Å². The fraction of sp³-hybridized carbons (Fsp3) is 0.143. The zero-order valence-electron chi connectivity index (χ0n) is 11.7. The van der Waals surface area contributed by atoms with E-state index < -0.39 is 5.97 Å². The van der Waals surface area contributed by atoms with Crippen LogP contribution < -0.4 is 0 Å². The van der Waals surface area contributed by atoms with E-state index in [1.54, 1.807) is 18.2 Å². The fourth-order valence-electron chi connectivity index (χ4n) is 2.27. The van der Waals surface area contributed by atoms with Crippen LogP contribution >= 0.6 is 34.8 Å². The highest BCUT2D eigenvalue weighted by molar-refractivity contribution is 6.35. The standard InChI is InChI=1S/C14H9Cl3N4O2/c1-6(8-3-2-7(15)4-9(8)16)21-13-11(12(20-21)14(22)23)18-5-10(17)19-13/h2-6H,1H3,(H,22,23)/t6-/m1/s1. The molecule has 0 radical (unpaired) electrons. The highest BCUT2D eigenvalue weighted by Gasteiger charge is 2.23. The van der Waals surface area contributed by atoms with Gasteiger partial charge in [-0.15, -0.1) is 0 Å². The van der Waals surface area contributed by atoms with Crippen molar-refractivity contribution in [1.29, 1.82) is 0 Å². The minimum Gasteiger partial charge on any atom is -0.476 e. The summed E-state index contributed by atoms with van der Waals surface area (Å²) in [6.07, 6.45) is 1.28. The summed E-state index contributed by atoms with van der Waals surface area (Å²) < 4.78 is 1.44. The molecule has 0 amide bonds. The van der Waals surface area contributed by atoms with Crippen molar-refractivity contribution in [2.75, 3.05) is 0 Å². The number of carboxylic acids is 1. The molecule has 6 nitrogen and oxygen atoms in total. The molecule has 1 aromatic carbocycles. The summed E-state index contributed by atoms with van der Waals surface area (Å²) in [4.78, 5) is 19.5. The molecule has 0 bridgehead atoms. The molecule has 118 valence electrons. The third kappa shape index (κ3) is 2.85. The number of nitrogens with zero attached hydrogens (tertiary/aromatic N) is 4. The molecular formula is C14H9Cl3N4O2. The highest BCUT2D eigenvalue weighted by atomic mass is 35.5. The molecule has 2 aromatic heterocycles. The summed E-state index contributed by atoms with van der Waals surface area (Å²) in [5.74, 6) is -1.19. The minimum absolute atomic E-state index is 0.144. The van der Waals surface area contributed by atoms with Gasteiger partial charge in [0.15, 0.2) is 11.3 Å². The molecule has 0 saturated carbocycles. The van der Waals surface area contributed by atoms with Gasteiger partial charge in [0.2, 0.25) is 0 Å². The summed E-state index contributed by atoms with van der Waals surface area (Å²) >= 11 is 18.0. The number of halogens is 3. The smallest absolute Gasteiger partial charge is 0.358 e. The number of carboxylic acid groups (broad SMARTS) is 1. The zero-order chi connectivity index (χ0) is 16.7. The molecule has 0 aliphatic rings. The average Bonchev–Trinajstić information content (AvgIpc) is 2.85. The normalized spacial score (nSPS) is 12.5. The van der Waals surface area contributed by atoms with E-state index in [-0.39, 0.29) is 28.1 Å². The van der Waals surface area contributed by atoms with Crippen LogP contribution in [0.25, 0.3) is 11.2 Å². The first kappa shape index (κ1) is 16.0. The predicted octanol–water partition coefficient (Wildman–Crippen LogP) is 4.09. The first-order valence-electron chi connectivity index (χ1n) is 6.47. The van der Waals surface area contributed by atoms with E-state index in [9.17, 15) is 9.90 Å². The maximum absolute atomic E-state index is 11.4. The Balaban J connectivity index is 2.22. The van der Waals surface area contributed by atoms with E-state index in [0.717, 1.165) is 5.56 Å². The van der Waals surface area contributed by atoms with Gasteiger partial charge in [-0.1, -0.05) is 40.9 Å². The lowest BCUT2D eigenvalue weighted by Gasteiger charge is -2.15. The van der Waals surface area contributed by atoms with Crippen LogP contribution in [0.5, 0.6) is 0 Å². The van der Waals surface area contributed by atoms with Gasteiger partial charge < -0.3 is 5.11 Å². The van der Waals surface area contributed by atoms with E-state index in [2.05, 4.69) is 15.1 Å². The maximum atomic E-state index is 11.4. The highest BCUT2D eigenvalue weighted by Crippen LogP contribution is 2.30. The second kappa shape index (κ2) is 5.96. The first-order valence-corrected chi connectivity index (χ1v) is 7.61. The van der Waals surface area contributed by atoms with E-state index >= 15 is 0 Å². The van der Waals surface area contributed by atoms with E-state index in [1.807, 2.05) is 6.92 Å². The van der Waals surface area contributed by atoms with Crippen LogP contribution in [0.2, 0.25) is 15.2 Å². The van der Waals surface area contributed by atoms with Gasteiger partial charge in [0.25, 0.3) is 0 Å². The van der Waals surface area contributed by atoms with Gasteiger partial charge in [0, 0.05) is 10.0 Å². The van der Waals surface area contributed by atoms with Crippen molar-refractivity contribution in [2.24, 2.45) is 0 Å². The quantitative estimate of drug-likeness (QED) is 0.750. The molecule has 23 heavy (non-hydrogen) atoms. The number of fused-ring (bicyclic) bond motifs is 1. The number of aromatic carboxylic acids is 1. The Morgan fingerprint density at radius 3 is 2.70 bits per heavy atom. The van der Waals surface area contributed by atoms with Gasteiger partial charge in [-0.2, -0.15) is 5.10 Å². The SMILES string of the molecule is C[C@H](c1ccc(Cl)cc1Cl)n1nc(C(=O)O)c2ncc(Cl)nc21. The molecule has 9 heteroatoms. The number of rotatable bonds is 3. The third-order valence-electron chi connectivity index (χ3n) is 3.36. The van der Waals surface area contributed by atoms with Crippen LogP contribution in [0.15, 0.2) is 24.4 Å². The first-order chi connectivity index (χ1) is 10.9. The predicted molar refractivity (Wildman–Crippen MR) is 87.6 cm³/mol. The number of hydrogen-bond donors (Lipinski definition) is 1. The van der Waals surface area contributed by atoms with Crippen LogP contribution in [0.3, 0.4) is 0 Å². The molecule has 2 heterocycles. The topological polar surface area (TPSA) is 80.9 Å². The van der Waals surface area contributed by atoms with Crippen molar-refractivity contribution in [3.8, 4) is 0 Å². The molecule has 0 saturated heterocycles. The average molecular weight is 372 g/mol. The Morgan fingerprint density at radius 2 is 2.04 bits per heavy atom. The molecule has 0 aliphatic carbocycles. The molecule has 1 atom stereocenters. The van der Waals surface area contributed by atoms with Gasteiger partial charge in [-0.25, -0.2) is 19.4 Å². The summed E-state index contributed by atoms with van der Waals surface area (Å²) in [5.41, 5.74) is 0.965. The summed E-state index contributed by atoms with van der Waals surface area (Å²) in [6, 6.07) is 4.67. The largest absolute Gasteiger partial charge is 0.476 e. The second-order valence-electron chi connectivity index (χ2n) is 4.81. The lowest BCUT2D eigenvalue weighted by Crippen LogP contribution is -2.11. The molecule has 3 aromatic rings. The number of benzene rings is 1. The molecule has 0 fully saturated rings. The van der Waals surface area contributed by atoms with Crippen LogP contribution in [0.4, 0.5) is 0 Å².